The molecule has 0 N–H and O–H groups in total. The summed E-state index contributed by atoms with van der Waals surface area (Å²) < 4.78 is 13.4. The number of hydrogen-bond donors (Lipinski definition) is 0. The van der Waals surface area contributed by atoms with E-state index in [2.05, 4.69) is 4.98 Å². The predicted octanol–water partition coefficient (Wildman–Crippen LogP) is 3.72. The van der Waals surface area contributed by atoms with E-state index in [-0.39, 0.29) is 5.82 Å². The third kappa shape index (κ3) is 1.99. The highest BCUT2D eigenvalue weighted by Crippen LogP contribution is 2.32. The lowest BCUT2D eigenvalue weighted by atomic mass is 10.1. The Morgan fingerprint density at radius 1 is 1.50 bits per heavy atom. The van der Waals surface area contributed by atoms with Crippen molar-refractivity contribution in [2.75, 3.05) is 0 Å². The minimum atomic E-state index is -0.331. The van der Waals surface area contributed by atoms with Crippen LogP contribution in [0.5, 0.6) is 0 Å². The topological polar surface area (TPSA) is 30.0 Å². The molecule has 0 amide bonds. The van der Waals surface area contributed by atoms with Crippen LogP contribution in [0.1, 0.15) is 16.1 Å². The molecule has 5 heteroatoms. The molecular formula is C11H7ClFNOS. The number of benzene rings is 1. The molecular weight excluding hydrogens is 249 g/mol. The number of carbonyl (C=O) groups excluding carboxylic acids is 1. The SMILES string of the molecule is Cc1cc(Cl)c(-c2nc(C=O)cs2)cc1F. The summed E-state index contributed by atoms with van der Waals surface area (Å²) in [5.41, 5.74) is 1.33. The average Bonchev–Trinajstić information content (AvgIpc) is 2.71. The summed E-state index contributed by atoms with van der Waals surface area (Å²) in [5, 5.41) is 2.59. The molecule has 0 saturated carbocycles. The summed E-state index contributed by atoms with van der Waals surface area (Å²) in [6.45, 7) is 1.64. The first-order chi connectivity index (χ1) is 7.61. The molecule has 2 rings (SSSR count). The van der Waals surface area contributed by atoms with Crippen LogP contribution >= 0.6 is 22.9 Å². The molecule has 0 bridgehead atoms. The summed E-state index contributed by atoms with van der Waals surface area (Å²) in [7, 11) is 0. The molecule has 16 heavy (non-hydrogen) atoms. The van der Waals surface area contributed by atoms with Crippen molar-refractivity contribution < 1.29 is 9.18 Å². The van der Waals surface area contributed by atoms with Gasteiger partial charge in [0.05, 0.1) is 5.02 Å². The lowest BCUT2D eigenvalue weighted by Crippen LogP contribution is -1.87. The van der Waals surface area contributed by atoms with Crippen LogP contribution in [0.2, 0.25) is 5.02 Å². The van der Waals surface area contributed by atoms with Gasteiger partial charge in [-0.2, -0.15) is 0 Å². The van der Waals surface area contributed by atoms with E-state index in [0.29, 0.717) is 33.1 Å². The van der Waals surface area contributed by atoms with Gasteiger partial charge in [-0.3, -0.25) is 4.79 Å². The number of nitrogens with zero attached hydrogens (tertiary/aromatic N) is 1. The number of aldehydes is 1. The van der Waals surface area contributed by atoms with E-state index in [4.69, 9.17) is 11.6 Å². The molecule has 82 valence electrons. The van der Waals surface area contributed by atoms with E-state index in [9.17, 15) is 9.18 Å². The van der Waals surface area contributed by atoms with Gasteiger partial charge in [-0.1, -0.05) is 11.6 Å². The van der Waals surface area contributed by atoms with Crippen molar-refractivity contribution in [1.82, 2.24) is 4.98 Å². The number of rotatable bonds is 2. The van der Waals surface area contributed by atoms with Gasteiger partial charge in [0.2, 0.25) is 0 Å². The van der Waals surface area contributed by atoms with E-state index in [1.807, 2.05) is 0 Å². The Bertz CT molecular complexity index is 553. The molecule has 0 aliphatic rings. The Balaban J connectivity index is 2.55. The maximum atomic E-state index is 13.4. The highest BCUT2D eigenvalue weighted by molar-refractivity contribution is 7.13. The van der Waals surface area contributed by atoms with Crippen molar-refractivity contribution in [2.45, 2.75) is 6.92 Å². The van der Waals surface area contributed by atoms with Crippen LogP contribution in [-0.2, 0) is 0 Å². The molecule has 1 aromatic carbocycles. The second-order valence-corrected chi connectivity index (χ2v) is 4.54. The van der Waals surface area contributed by atoms with Crippen molar-refractivity contribution in [3.8, 4) is 10.6 Å². The Hall–Kier alpha value is -1.26. The van der Waals surface area contributed by atoms with Crippen LogP contribution < -0.4 is 0 Å². The van der Waals surface area contributed by atoms with E-state index in [0.717, 1.165) is 0 Å². The third-order valence-electron chi connectivity index (χ3n) is 2.12. The minimum Gasteiger partial charge on any atom is -0.296 e. The van der Waals surface area contributed by atoms with Gasteiger partial charge < -0.3 is 0 Å². The standard InChI is InChI=1S/C11H7ClFNOS/c1-6-2-9(12)8(3-10(6)13)11-14-7(4-15)5-16-11/h2-5H,1H3. The molecule has 0 atom stereocenters. The van der Waals surface area contributed by atoms with Crippen LogP contribution in [0.15, 0.2) is 17.5 Å². The van der Waals surface area contributed by atoms with Crippen LogP contribution in [0.4, 0.5) is 4.39 Å². The maximum Gasteiger partial charge on any atom is 0.169 e. The van der Waals surface area contributed by atoms with Crippen LogP contribution in [-0.4, -0.2) is 11.3 Å². The Labute approximate surface area is 101 Å². The van der Waals surface area contributed by atoms with Gasteiger partial charge in [0.15, 0.2) is 6.29 Å². The van der Waals surface area contributed by atoms with Crippen molar-refractivity contribution in [3.05, 3.63) is 39.6 Å². The van der Waals surface area contributed by atoms with E-state index < -0.39 is 0 Å². The molecule has 1 heterocycles. The number of aryl methyl sites for hydroxylation is 1. The number of thiazole rings is 1. The number of aromatic nitrogens is 1. The molecule has 1 aromatic heterocycles. The molecule has 0 aliphatic heterocycles. The van der Waals surface area contributed by atoms with E-state index >= 15 is 0 Å². The molecule has 2 nitrogen and oxygen atoms in total. The summed E-state index contributed by atoms with van der Waals surface area (Å²) in [6.07, 6.45) is 0.651. The van der Waals surface area contributed by atoms with Crippen LogP contribution in [0.3, 0.4) is 0 Å². The van der Waals surface area contributed by atoms with Gasteiger partial charge in [0.25, 0.3) is 0 Å². The molecule has 2 aromatic rings. The second-order valence-electron chi connectivity index (χ2n) is 3.28. The van der Waals surface area contributed by atoms with Gasteiger partial charge in [0.1, 0.15) is 16.5 Å². The normalized spacial score (nSPS) is 10.4. The summed E-state index contributed by atoms with van der Waals surface area (Å²) in [5.74, 6) is -0.331. The van der Waals surface area contributed by atoms with Gasteiger partial charge in [-0.05, 0) is 24.6 Å². The number of hydrogen-bond acceptors (Lipinski definition) is 3. The lowest BCUT2D eigenvalue weighted by Gasteiger charge is -2.03. The molecule has 0 unspecified atom stereocenters. The van der Waals surface area contributed by atoms with Crippen molar-refractivity contribution in [2.24, 2.45) is 0 Å². The fourth-order valence-electron chi connectivity index (χ4n) is 1.27. The molecule has 0 saturated heterocycles. The van der Waals surface area contributed by atoms with Gasteiger partial charge in [-0.25, -0.2) is 9.37 Å². The first-order valence-corrected chi connectivity index (χ1v) is 5.74. The zero-order valence-electron chi connectivity index (χ0n) is 8.33. The summed E-state index contributed by atoms with van der Waals surface area (Å²) in [4.78, 5) is 14.5. The summed E-state index contributed by atoms with van der Waals surface area (Å²) >= 11 is 7.26. The highest BCUT2D eigenvalue weighted by Gasteiger charge is 2.11. The highest BCUT2D eigenvalue weighted by atomic mass is 35.5. The largest absolute Gasteiger partial charge is 0.296 e. The Morgan fingerprint density at radius 3 is 2.88 bits per heavy atom. The second kappa shape index (κ2) is 4.31. The molecule has 0 aliphatic carbocycles. The fraction of sp³-hybridized carbons (Fsp3) is 0.0909. The monoisotopic (exact) mass is 255 g/mol. The van der Waals surface area contributed by atoms with Crippen molar-refractivity contribution in [1.29, 1.82) is 0 Å². The lowest BCUT2D eigenvalue weighted by molar-refractivity contribution is 0.111. The Morgan fingerprint density at radius 2 is 2.25 bits per heavy atom. The smallest absolute Gasteiger partial charge is 0.169 e. The Kier molecular flexibility index (Phi) is 3.03. The van der Waals surface area contributed by atoms with Crippen molar-refractivity contribution >= 4 is 29.2 Å². The molecule has 0 spiro atoms. The molecule has 0 radical (unpaired) electrons. The number of carbonyl (C=O) groups is 1. The van der Waals surface area contributed by atoms with E-state index in [1.165, 1.54) is 17.4 Å². The first-order valence-electron chi connectivity index (χ1n) is 4.48. The molecule has 0 fully saturated rings. The van der Waals surface area contributed by atoms with Gasteiger partial charge in [0, 0.05) is 10.9 Å². The first kappa shape index (κ1) is 11.2. The van der Waals surface area contributed by atoms with Crippen LogP contribution in [0, 0.1) is 12.7 Å². The third-order valence-corrected chi connectivity index (χ3v) is 3.33. The van der Waals surface area contributed by atoms with Gasteiger partial charge in [-0.15, -0.1) is 11.3 Å². The zero-order chi connectivity index (χ0) is 11.7. The minimum absolute atomic E-state index is 0.331. The average molecular weight is 256 g/mol. The zero-order valence-corrected chi connectivity index (χ0v) is 9.90. The quantitative estimate of drug-likeness (QED) is 0.766. The predicted molar refractivity (Wildman–Crippen MR) is 62.6 cm³/mol. The number of halogens is 2. The fourth-order valence-corrected chi connectivity index (χ4v) is 2.43. The van der Waals surface area contributed by atoms with Crippen LogP contribution in [0.25, 0.3) is 10.6 Å². The van der Waals surface area contributed by atoms with Gasteiger partial charge >= 0.3 is 0 Å². The maximum absolute atomic E-state index is 13.4. The van der Waals surface area contributed by atoms with E-state index in [1.54, 1.807) is 18.4 Å². The summed E-state index contributed by atoms with van der Waals surface area (Å²) in [6, 6.07) is 2.89. The van der Waals surface area contributed by atoms with Crippen molar-refractivity contribution in [3.63, 3.8) is 0 Å².